The quantitative estimate of drug-likeness (QED) is 0.156. The Morgan fingerprint density at radius 3 is 1.25 bits per heavy atom. The van der Waals surface area contributed by atoms with Crippen LogP contribution in [-0.4, -0.2) is 0 Å². The summed E-state index contributed by atoms with van der Waals surface area (Å²) in [5.74, 6) is 0. The Kier molecular flexibility index (Phi) is 8.56. The highest BCUT2D eigenvalue weighted by atomic mass is 32.1. The number of fused-ring (bicyclic) bond motifs is 8. The van der Waals surface area contributed by atoms with Crippen LogP contribution in [0.3, 0.4) is 0 Å². The van der Waals surface area contributed by atoms with Gasteiger partial charge in [-0.15, -0.1) is 11.3 Å². The topological polar surface area (TPSA) is 0 Å². The molecule has 0 unspecified atom stereocenters. The van der Waals surface area contributed by atoms with Gasteiger partial charge in [-0.25, -0.2) is 0 Å². The molecule has 1 aromatic heterocycles. The Morgan fingerprint density at radius 1 is 0.224 bits per heavy atom. The molecule has 0 nitrogen and oxygen atoms in total. The van der Waals surface area contributed by atoms with Crippen LogP contribution in [0.25, 0.3) is 142 Å². The third kappa shape index (κ3) is 5.85. The maximum absolute atomic E-state index is 2.45. The summed E-state index contributed by atoms with van der Waals surface area (Å²) in [5.41, 5.74) is 20.0. The average molecular weight is 865 g/mol. The molecule has 310 valence electrons. The van der Waals surface area contributed by atoms with Crippen molar-refractivity contribution < 1.29 is 0 Å². The number of thiophene rings is 1. The summed E-state index contributed by atoms with van der Waals surface area (Å²) in [5, 5.41) is 10.3. The van der Waals surface area contributed by atoms with Crippen LogP contribution in [-0.2, 0) is 0 Å². The SMILES string of the molecule is c1ccc(-c2cc(-c3ccc4c5c(cccc35)-c3c-4c(-c4ccccc4)c4c(-c5ccccc5)ccc(-c5ccccc5)c4c3-c3ccccc3)c3sc4cc5ccccc5cc4c3c2)cc1. The minimum absolute atomic E-state index is 1.21. The highest BCUT2D eigenvalue weighted by Gasteiger charge is 2.33. The van der Waals surface area contributed by atoms with Crippen molar-refractivity contribution in [2.45, 2.75) is 0 Å². The Morgan fingerprint density at radius 2 is 0.687 bits per heavy atom. The number of hydrogen-bond acceptors (Lipinski definition) is 1. The summed E-state index contributed by atoms with van der Waals surface area (Å²) < 4.78 is 2.63. The maximum atomic E-state index is 2.45. The maximum Gasteiger partial charge on any atom is 0.0434 e. The molecule has 12 aromatic carbocycles. The van der Waals surface area contributed by atoms with E-state index >= 15 is 0 Å². The first-order valence-electron chi connectivity index (χ1n) is 23.2. The average Bonchev–Trinajstić information content (AvgIpc) is 3.93. The van der Waals surface area contributed by atoms with E-state index in [-0.39, 0.29) is 0 Å². The molecule has 0 N–H and O–H groups in total. The molecule has 0 fully saturated rings. The fraction of sp³-hybridized carbons (Fsp3) is 0. The van der Waals surface area contributed by atoms with Gasteiger partial charge in [-0.05, 0) is 140 Å². The molecule has 0 bridgehead atoms. The third-order valence-electron chi connectivity index (χ3n) is 14.2. The van der Waals surface area contributed by atoms with Crippen LogP contribution >= 0.6 is 11.3 Å². The van der Waals surface area contributed by atoms with Crippen LogP contribution in [0.15, 0.2) is 243 Å². The van der Waals surface area contributed by atoms with Gasteiger partial charge in [0.2, 0.25) is 0 Å². The van der Waals surface area contributed by atoms with Crippen molar-refractivity contribution in [3.8, 4) is 89.0 Å². The van der Waals surface area contributed by atoms with E-state index in [0.717, 1.165) is 0 Å². The van der Waals surface area contributed by atoms with Gasteiger partial charge in [-0.2, -0.15) is 0 Å². The molecule has 0 saturated heterocycles. The second kappa shape index (κ2) is 15.1. The summed E-state index contributed by atoms with van der Waals surface area (Å²) in [6, 6.07) is 90.3. The van der Waals surface area contributed by atoms with E-state index < -0.39 is 0 Å². The molecule has 0 amide bonds. The van der Waals surface area contributed by atoms with Crippen molar-refractivity contribution >= 4 is 63.8 Å². The van der Waals surface area contributed by atoms with Crippen LogP contribution in [0.1, 0.15) is 0 Å². The van der Waals surface area contributed by atoms with E-state index in [2.05, 4.69) is 243 Å². The predicted molar refractivity (Wildman–Crippen MR) is 289 cm³/mol. The normalized spacial score (nSPS) is 11.9. The zero-order valence-electron chi connectivity index (χ0n) is 36.5. The first-order valence-corrected chi connectivity index (χ1v) is 24.0. The van der Waals surface area contributed by atoms with Gasteiger partial charge in [-0.3, -0.25) is 0 Å². The van der Waals surface area contributed by atoms with Gasteiger partial charge < -0.3 is 0 Å². The molecule has 1 aliphatic rings. The first-order chi connectivity index (χ1) is 33.3. The lowest BCUT2D eigenvalue weighted by Gasteiger charge is -2.25. The molecule has 14 rings (SSSR count). The van der Waals surface area contributed by atoms with E-state index in [9.17, 15) is 0 Å². The van der Waals surface area contributed by atoms with Crippen molar-refractivity contribution in [1.29, 1.82) is 0 Å². The summed E-state index contributed by atoms with van der Waals surface area (Å²) in [6.45, 7) is 0. The molecular weight excluding hydrogens is 825 g/mol. The van der Waals surface area contributed by atoms with Crippen LogP contribution in [0.4, 0.5) is 0 Å². The monoisotopic (exact) mass is 864 g/mol. The van der Waals surface area contributed by atoms with Crippen molar-refractivity contribution in [3.63, 3.8) is 0 Å². The smallest absolute Gasteiger partial charge is 0.0434 e. The Balaban J connectivity index is 1.15. The fourth-order valence-corrected chi connectivity index (χ4v) is 12.5. The largest absolute Gasteiger partial charge is 0.135 e. The lowest BCUT2D eigenvalue weighted by atomic mass is 9.78. The molecule has 67 heavy (non-hydrogen) atoms. The number of benzene rings is 12. The van der Waals surface area contributed by atoms with Gasteiger partial charge in [0, 0.05) is 25.7 Å². The van der Waals surface area contributed by atoms with Gasteiger partial charge >= 0.3 is 0 Å². The van der Waals surface area contributed by atoms with E-state index in [4.69, 9.17) is 0 Å². The minimum Gasteiger partial charge on any atom is -0.135 e. The molecule has 1 heteroatoms. The van der Waals surface area contributed by atoms with E-state index in [1.165, 1.54) is 142 Å². The lowest BCUT2D eigenvalue weighted by molar-refractivity contribution is 1.59. The molecular formula is C66H40S. The van der Waals surface area contributed by atoms with Gasteiger partial charge in [-0.1, -0.05) is 218 Å². The van der Waals surface area contributed by atoms with E-state index in [0.29, 0.717) is 0 Å². The second-order valence-corrected chi connectivity index (χ2v) is 18.9. The Hall–Kier alpha value is -8.36. The van der Waals surface area contributed by atoms with Crippen molar-refractivity contribution in [2.75, 3.05) is 0 Å². The summed E-state index contributed by atoms with van der Waals surface area (Å²) in [4.78, 5) is 0. The van der Waals surface area contributed by atoms with Gasteiger partial charge in [0.25, 0.3) is 0 Å². The Labute approximate surface area is 393 Å². The van der Waals surface area contributed by atoms with Crippen LogP contribution in [0, 0.1) is 0 Å². The molecule has 1 heterocycles. The number of rotatable bonds is 6. The van der Waals surface area contributed by atoms with Gasteiger partial charge in [0.15, 0.2) is 0 Å². The zero-order chi connectivity index (χ0) is 44.0. The zero-order valence-corrected chi connectivity index (χ0v) is 37.3. The first kappa shape index (κ1) is 38.0. The summed E-state index contributed by atoms with van der Waals surface area (Å²) in [6.07, 6.45) is 0. The minimum atomic E-state index is 1.21. The van der Waals surface area contributed by atoms with Crippen molar-refractivity contribution in [3.05, 3.63) is 243 Å². The third-order valence-corrected chi connectivity index (χ3v) is 15.4. The van der Waals surface area contributed by atoms with Crippen LogP contribution in [0.2, 0.25) is 0 Å². The van der Waals surface area contributed by atoms with E-state index in [1.807, 2.05) is 11.3 Å². The lowest BCUT2D eigenvalue weighted by Crippen LogP contribution is -1.97. The molecule has 0 spiro atoms. The van der Waals surface area contributed by atoms with Gasteiger partial charge in [0.05, 0.1) is 0 Å². The molecule has 13 aromatic rings. The molecule has 0 radical (unpaired) electrons. The molecule has 0 aliphatic heterocycles. The van der Waals surface area contributed by atoms with Gasteiger partial charge in [0.1, 0.15) is 0 Å². The predicted octanol–water partition coefficient (Wildman–Crippen LogP) is 19.2. The van der Waals surface area contributed by atoms with Crippen LogP contribution in [0.5, 0.6) is 0 Å². The summed E-state index contributed by atoms with van der Waals surface area (Å²) >= 11 is 1.92. The molecule has 1 aliphatic carbocycles. The van der Waals surface area contributed by atoms with Crippen molar-refractivity contribution in [2.24, 2.45) is 0 Å². The Bertz CT molecular complexity index is 3960. The highest BCUT2D eigenvalue weighted by molar-refractivity contribution is 7.26. The molecule has 0 atom stereocenters. The second-order valence-electron chi connectivity index (χ2n) is 17.8. The van der Waals surface area contributed by atoms with Crippen LogP contribution < -0.4 is 0 Å². The summed E-state index contributed by atoms with van der Waals surface area (Å²) in [7, 11) is 0. The number of hydrogen-bond donors (Lipinski definition) is 0. The fourth-order valence-electron chi connectivity index (χ4n) is 11.3. The highest BCUT2D eigenvalue weighted by Crippen LogP contribution is 2.61. The molecule has 0 saturated carbocycles. The standard InChI is InChI=1S/C66H40S/c1-6-19-41(20-7-1)48-38-56(66-57(39-48)55-37-46-29-16-17-30-47(46)40-58(55)67-66)51-35-36-54-61-52(51)31-18-32-53(61)64-59(44-25-12-4-13-26-44)62-49(42-21-8-2-9-22-42)33-34-50(43-23-10-3-11-24-43)63(62)60(65(54)64)45-27-14-5-15-28-45/h1-40H. The van der Waals surface area contributed by atoms with E-state index in [1.54, 1.807) is 0 Å². The van der Waals surface area contributed by atoms with Crippen molar-refractivity contribution in [1.82, 2.24) is 0 Å².